The Morgan fingerprint density at radius 1 is 1.12 bits per heavy atom. The van der Waals surface area contributed by atoms with Gasteiger partial charge in [-0.3, -0.25) is 14.2 Å². The van der Waals surface area contributed by atoms with Crippen LogP contribution < -0.4 is 5.56 Å². The molecule has 0 aliphatic heterocycles. The maximum absolute atomic E-state index is 13.6. The first-order chi connectivity index (χ1) is 16.0. The number of nitrogens with zero attached hydrogens (tertiary/aromatic N) is 3. The van der Waals surface area contributed by atoms with Crippen LogP contribution in [0.25, 0.3) is 16.6 Å². The highest BCUT2D eigenvalue weighted by Crippen LogP contribution is 2.31. The maximum atomic E-state index is 13.6. The number of amides is 1. The molecule has 1 fully saturated rings. The topological polar surface area (TPSA) is 55.2 Å². The Morgan fingerprint density at radius 3 is 2.52 bits per heavy atom. The Balaban J connectivity index is 1.84. The minimum absolute atomic E-state index is 0.0422. The number of unbranched alkanes of at least 4 members (excludes halogenated alkanes) is 2. The van der Waals surface area contributed by atoms with E-state index in [9.17, 15) is 14.0 Å². The Bertz CT molecular complexity index is 1170. The Kier molecular flexibility index (Phi) is 7.21. The average Bonchev–Trinajstić information content (AvgIpc) is 3.37. The number of carbonyl (C=O) groups is 1. The molecule has 0 bridgehead atoms. The third kappa shape index (κ3) is 4.85. The van der Waals surface area contributed by atoms with Crippen molar-refractivity contribution >= 4 is 16.8 Å². The second-order valence-corrected chi connectivity index (χ2v) is 9.00. The third-order valence-electron chi connectivity index (χ3n) is 6.72. The van der Waals surface area contributed by atoms with E-state index >= 15 is 0 Å². The number of aromatic nitrogens is 2. The monoisotopic (exact) mass is 449 g/mol. The van der Waals surface area contributed by atoms with Crippen LogP contribution in [0.3, 0.4) is 0 Å². The predicted octanol–water partition coefficient (Wildman–Crippen LogP) is 5.79. The van der Waals surface area contributed by atoms with E-state index in [-0.39, 0.29) is 23.2 Å². The molecule has 0 spiro atoms. The highest BCUT2D eigenvalue weighted by Gasteiger charge is 2.32. The van der Waals surface area contributed by atoms with Gasteiger partial charge in [-0.2, -0.15) is 0 Å². The zero-order valence-electron chi connectivity index (χ0n) is 19.5. The molecular formula is C27H32FN3O2. The number of carbonyl (C=O) groups excluding carboxylic acids is 1. The van der Waals surface area contributed by atoms with E-state index in [0.717, 1.165) is 44.9 Å². The molecule has 0 radical (unpaired) electrons. The summed E-state index contributed by atoms with van der Waals surface area (Å²) in [5.41, 5.74) is 0.934. The molecule has 174 valence electrons. The lowest BCUT2D eigenvalue weighted by molar-refractivity contribution is -0.137. The van der Waals surface area contributed by atoms with Gasteiger partial charge in [-0.25, -0.2) is 9.37 Å². The molecule has 2 aromatic carbocycles. The maximum Gasteiger partial charge on any atom is 0.266 e. The van der Waals surface area contributed by atoms with E-state index < -0.39 is 6.04 Å². The fraction of sp³-hybridized carbons (Fsp3) is 0.444. The molecule has 4 rings (SSSR count). The van der Waals surface area contributed by atoms with Crippen LogP contribution in [0.1, 0.15) is 70.7 Å². The van der Waals surface area contributed by atoms with Crippen molar-refractivity contribution < 1.29 is 9.18 Å². The highest BCUT2D eigenvalue weighted by molar-refractivity contribution is 5.80. The third-order valence-corrected chi connectivity index (χ3v) is 6.72. The summed E-state index contributed by atoms with van der Waals surface area (Å²) in [6.07, 6.45) is 7.03. The second-order valence-electron chi connectivity index (χ2n) is 9.00. The second kappa shape index (κ2) is 10.3. The first-order valence-corrected chi connectivity index (χ1v) is 12.1. The first kappa shape index (κ1) is 23.1. The minimum Gasteiger partial charge on any atom is -0.333 e. The van der Waals surface area contributed by atoms with Gasteiger partial charge in [0.15, 0.2) is 0 Å². The lowest BCUT2D eigenvalue weighted by Crippen LogP contribution is -2.40. The van der Waals surface area contributed by atoms with E-state index in [2.05, 4.69) is 6.92 Å². The fourth-order valence-corrected chi connectivity index (χ4v) is 4.84. The minimum atomic E-state index is -0.391. The van der Waals surface area contributed by atoms with Crippen LogP contribution in [0.4, 0.5) is 4.39 Å². The fourth-order valence-electron chi connectivity index (χ4n) is 4.84. The molecule has 1 aliphatic rings. The Morgan fingerprint density at radius 2 is 1.82 bits per heavy atom. The first-order valence-electron chi connectivity index (χ1n) is 12.1. The zero-order chi connectivity index (χ0) is 23.4. The Hall–Kier alpha value is -3.02. The average molecular weight is 450 g/mol. The van der Waals surface area contributed by atoms with Crippen LogP contribution in [0.5, 0.6) is 0 Å². The van der Waals surface area contributed by atoms with Crippen molar-refractivity contribution in [3.05, 3.63) is 70.5 Å². The van der Waals surface area contributed by atoms with E-state index in [1.54, 1.807) is 22.8 Å². The van der Waals surface area contributed by atoms with Crippen LogP contribution >= 0.6 is 0 Å². The number of fused-ring (bicyclic) bond motifs is 1. The van der Waals surface area contributed by atoms with Gasteiger partial charge in [-0.15, -0.1) is 0 Å². The van der Waals surface area contributed by atoms with Crippen LogP contribution in [0.2, 0.25) is 0 Å². The molecule has 1 aliphatic carbocycles. The summed E-state index contributed by atoms with van der Waals surface area (Å²) >= 11 is 0. The van der Waals surface area contributed by atoms with E-state index in [4.69, 9.17) is 4.98 Å². The molecule has 1 atom stereocenters. The van der Waals surface area contributed by atoms with Crippen molar-refractivity contribution in [1.82, 2.24) is 14.5 Å². The number of halogens is 1. The van der Waals surface area contributed by atoms with Crippen molar-refractivity contribution in [2.24, 2.45) is 5.92 Å². The van der Waals surface area contributed by atoms with E-state index in [1.807, 2.05) is 30.0 Å². The summed E-state index contributed by atoms with van der Waals surface area (Å²) in [5.74, 6) is 0.339. The summed E-state index contributed by atoms with van der Waals surface area (Å²) in [7, 11) is 0. The standard InChI is InChI=1S/C27H32FN3O2/c1-3-4-9-18-30(26(32)20-10-5-6-11-20)19(2)25-29-24-13-8-7-12-23(24)27(33)31(25)22-16-14-21(28)15-17-22/h7-8,12-17,19-20H,3-6,9-11,18H2,1-2H3. The summed E-state index contributed by atoms with van der Waals surface area (Å²) < 4.78 is 15.2. The molecule has 1 heterocycles. The lowest BCUT2D eigenvalue weighted by Gasteiger charge is -2.32. The van der Waals surface area contributed by atoms with Gasteiger partial charge in [0.1, 0.15) is 11.6 Å². The van der Waals surface area contributed by atoms with Crippen molar-refractivity contribution in [3.63, 3.8) is 0 Å². The summed E-state index contributed by atoms with van der Waals surface area (Å²) in [6, 6.07) is 12.7. The van der Waals surface area contributed by atoms with E-state index in [1.165, 1.54) is 12.1 Å². The van der Waals surface area contributed by atoms with Gasteiger partial charge < -0.3 is 4.90 Å². The van der Waals surface area contributed by atoms with Crippen LogP contribution in [-0.2, 0) is 4.79 Å². The molecule has 1 aromatic heterocycles. The molecule has 1 amide bonds. The van der Waals surface area contributed by atoms with Gasteiger partial charge in [-0.1, -0.05) is 44.7 Å². The Labute approximate surface area is 194 Å². The summed E-state index contributed by atoms with van der Waals surface area (Å²) in [6.45, 7) is 4.73. The van der Waals surface area contributed by atoms with Gasteiger partial charge in [-0.05, 0) is 62.6 Å². The van der Waals surface area contributed by atoms with Gasteiger partial charge in [0.2, 0.25) is 5.91 Å². The number of benzene rings is 2. The highest BCUT2D eigenvalue weighted by atomic mass is 19.1. The molecule has 1 saturated carbocycles. The number of rotatable bonds is 8. The quantitative estimate of drug-likeness (QED) is 0.409. The lowest BCUT2D eigenvalue weighted by atomic mass is 10.0. The van der Waals surface area contributed by atoms with Crippen LogP contribution in [-0.4, -0.2) is 26.9 Å². The normalized spacial score (nSPS) is 15.1. The molecule has 1 unspecified atom stereocenters. The smallest absolute Gasteiger partial charge is 0.266 e. The van der Waals surface area contributed by atoms with Gasteiger partial charge in [0.25, 0.3) is 5.56 Å². The van der Waals surface area contributed by atoms with Gasteiger partial charge in [0, 0.05) is 12.5 Å². The number of hydrogen-bond acceptors (Lipinski definition) is 3. The van der Waals surface area contributed by atoms with Gasteiger partial charge in [0.05, 0.1) is 22.6 Å². The van der Waals surface area contributed by atoms with Crippen molar-refractivity contribution in [2.75, 3.05) is 6.54 Å². The van der Waals surface area contributed by atoms with Crippen molar-refractivity contribution in [3.8, 4) is 5.69 Å². The predicted molar refractivity (Wildman–Crippen MR) is 129 cm³/mol. The largest absolute Gasteiger partial charge is 0.333 e. The molecule has 5 nitrogen and oxygen atoms in total. The SMILES string of the molecule is CCCCCN(C(=O)C1CCCC1)C(C)c1nc2ccccc2c(=O)n1-c1ccc(F)cc1. The van der Waals surface area contributed by atoms with Crippen molar-refractivity contribution in [2.45, 2.75) is 64.8 Å². The molecule has 33 heavy (non-hydrogen) atoms. The number of hydrogen-bond donors (Lipinski definition) is 0. The summed E-state index contributed by atoms with van der Waals surface area (Å²) in [4.78, 5) is 33.9. The van der Waals surface area contributed by atoms with Crippen molar-refractivity contribution in [1.29, 1.82) is 0 Å². The molecule has 0 saturated heterocycles. The summed E-state index contributed by atoms with van der Waals surface area (Å²) in [5, 5.41) is 0.498. The number of para-hydroxylation sites is 1. The molecule has 6 heteroatoms. The van der Waals surface area contributed by atoms with Gasteiger partial charge >= 0.3 is 0 Å². The van der Waals surface area contributed by atoms with Crippen LogP contribution in [0, 0.1) is 11.7 Å². The van der Waals surface area contributed by atoms with E-state index in [0.29, 0.717) is 29.0 Å². The molecule has 3 aromatic rings. The van der Waals surface area contributed by atoms with Crippen LogP contribution in [0.15, 0.2) is 53.3 Å². The molecule has 0 N–H and O–H groups in total. The zero-order valence-corrected chi connectivity index (χ0v) is 19.5. The molecular weight excluding hydrogens is 417 g/mol.